The fourth-order valence-corrected chi connectivity index (χ4v) is 1.38. The van der Waals surface area contributed by atoms with Gasteiger partial charge < -0.3 is 25.4 Å². The van der Waals surface area contributed by atoms with E-state index in [0.29, 0.717) is 0 Å². The van der Waals surface area contributed by atoms with Crippen LogP contribution in [0.15, 0.2) is 0 Å². The summed E-state index contributed by atoms with van der Waals surface area (Å²) in [6, 6.07) is -1.19. The van der Waals surface area contributed by atoms with Gasteiger partial charge in [0.05, 0.1) is 6.61 Å². The lowest BCUT2D eigenvalue weighted by Crippen LogP contribution is -2.47. The lowest BCUT2D eigenvalue weighted by Gasteiger charge is -2.18. The van der Waals surface area contributed by atoms with Gasteiger partial charge in [-0.05, 0) is 0 Å². The number of amides is 1. The average Bonchev–Trinajstić information content (AvgIpc) is 2.44. The van der Waals surface area contributed by atoms with E-state index in [1.165, 1.54) is 6.92 Å². The maximum atomic E-state index is 11.2. The van der Waals surface area contributed by atoms with E-state index in [0.717, 1.165) is 0 Å². The Balaban J connectivity index is 2.69. The summed E-state index contributed by atoms with van der Waals surface area (Å²) in [5.41, 5.74) is 0. The van der Waals surface area contributed by atoms with E-state index in [2.05, 4.69) is 10.1 Å². The molecule has 0 spiro atoms. The topological polar surface area (TPSA) is 116 Å². The van der Waals surface area contributed by atoms with E-state index in [4.69, 9.17) is 5.11 Å². The van der Waals surface area contributed by atoms with Gasteiger partial charge in [0.1, 0.15) is 12.2 Å². The molecule has 0 aromatic heterocycles. The molecule has 15 heavy (non-hydrogen) atoms. The van der Waals surface area contributed by atoms with Gasteiger partial charge in [0.2, 0.25) is 5.91 Å². The first kappa shape index (κ1) is 11.9. The smallest absolute Gasteiger partial charge is 0.331 e. The Hall–Kier alpha value is -1.18. The second kappa shape index (κ2) is 4.56. The third-order valence-electron chi connectivity index (χ3n) is 2.11. The molecule has 0 aliphatic carbocycles. The zero-order chi connectivity index (χ0) is 11.6. The zero-order valence-corrected chi connectivity index (χ0v) is 8.08. The van der Waals surface area contributed by atoms with E-state index >= 15 is 0 Å². The molecule has 86 valence electrons. The fourth-order valence-electron chi connectivity index (χ4n) is 1.38. The van der Waals surface area contributed by atoms with Crippen LogP contribution in [0.3, 0.4) is 0 Å². The first-order chi connectivity index (χ1) is 6.97. The van der Waals surface area contributed by atoms with Gasteiger partial charge in [-0.1, -0.05) is 0 Å². The summed E-state index contributed by atoms with van der Waals surface area (Å²) >= 11 is 0. The molecule has 7 nitrogen and oxygen atoms in total. The summed E-state index contributed by atoms with van der Waals surface area (Å²) in [6.45, 7) is 0.553. The van der Waals surface area contributed by atoms with Crippen LogP contribution in [0.5, 0.6) is 0 Å². The molecule has 0 unspecified atom stereocenters. The van der Waals surface area contributed by atoms with Crippen LogP contribution in [-0.4, -0.2) is 58.2 Å². The Morgan fingerprint density at radius 3 is 2.73 bits per heavy atom. The molecule has 1 amide bonds. The molecule has 1 heterocycles. The largest absolute Gasteiger partial charge is 0.455 e. The van der Waals surface area contributed by atoms with Gasteiger partial charge in [0.25, 0.3) is 0 Å². The van der Waals surface area contributed by atoms with E-state index in [-0.39, 0.29) is 0 Å². The maximum Gasteiger partial charge on any atom is 0.331 e. The van der Waals surface area contributed by atoms with E-state index < -0.39 is 42.8 Å². The van der Waals surface area contributed by atoms with Gasteiger partial charge in [-0.25, -0.2) is 4.79 Å². The minimum atomic E-state index is -1.36. The Morgan fingerprint density at radius 2 is 2.27 bits per heavy atom. The first-order valence-electron chi connectivity index (χ1n) is 4.42. The number of hydrogen-bond donors (Lipinski definition) is 4. The number of nitrogens with one attached hydrogen (secondary N) is 1. The monoisotopic (exact) mass is 219 g/mol. The molecule has 4 atom stereocenters. The van der Waals surface area contributed by atoms with Crippen LogP contribution in [0.1, 0.15) is 6.92 Å². The molecule has 0 aromatic carbocycles. The van der Waals surface area contributed by atoms with Crippen molar-refractivity contribution >= 4 is 11.9 Å². The molecular formula is C8H13NO6. The summed E-state index contributed by atoms with van der Waals surface area (Å²) in [4.78, 5) is 21.9. The number of ether oxygens (including phenoxy) is 1. The Labute approximate surface area is 85.7 Å². The first-order valence-corrected chi connectivity index (χ1v) is 4.42. The van der Waals surface area contributed by atoms with Crippen molar-refractivity contribution in [3.63, 3.8) is 0 Å². The van der Waals surface area contributed by atoms with Crippen LogP contribution < -0.4 is 5.32 Å². The summed E-state index contributed by atoms with van der Waals surface area (Å²) in [7, 11) is 0. The minimum Gasteiger partial charge on any atom is -0.455 e. The van der Waals surface area contributed by atoms with E-state index in [9.17, 15) is 19.8 Å². The van der Waals surface area contributed by atoms with Crippen LogP contribution in [-0.2, 0) is 14.3 Å². The summed E-state index contributed by atoms with van der Waals surface area (Å²) in [5.74, 6) is -1.31. The maximum absolute atomic E-state index is 11.2. The van der Waals surface area contributed by atoms with Crippen molar-refractivity contribution in [2.45, 2.75) is 31.3 Å². The highest BCUT2D eigenvalue weighted by molar-refractivity contribution is 5.85. The number of rotatable bonds is 3. The SMILES string of the molecule is CC(=O)N[C@H]1C(=O)O[C@H]([C@H](O)CO)[C@@H]1O. The molecule has 1 saturated heterocycles. The van der Waals surface area contributed by atoms with Gasteiger partial charge in [0.15, 0.2) is 12.1 Å². The molecular weight excluding hydrogens is 206 g/mol. The third-order valence-corrected chi connectivity index (χ3v) is 2.11. The number of esters is 1. The van der Waals surface area contributed by atoms with Gasteiger partial charge in [-0.2, -0.15) is 0 Å². The highest BCUT2D eigenvalue weighted by Gasteiger charge is 2.47. The molecule has 0 bridgehead atoms. The highest BCUT2D eigenvalue weighted by atomic mass is 16.6. The molecule has 0 aromatic rings. The van der Waals surface area contributed by atoms with Crippen molar-refractivity contribution in [2.24, 2.45) is 0 Å². The number of aliphatic hydroxyl groups is 3. The summed E-state index contributed by atoms with van der Waals surface area (Å²) < 4.78 is 4.63. The van der Waals surface area contributed by atoms with Gasteiger partial charge in [-0.15, -0.1) is 0 Å². The molecule has 4 N–H and O–H groups in total. The van der Waals surface area contributed by atoms with Gasteiger partial charge >= 0.3 is 5.97 Å². The minimum absolute atomic E-state index is 0.491. The number of carbonyl (C=O) groups excluding carboxylic acids is 2. The predicted molar refractivity (Wildman–Crippen MR) is 46.6 cm³/mol. The second-order valence-corrected chi connectivity index (χ2v) is 3.32. The molecule has 1 rings (SSSR count). The standard InChI is InChI=1S/C8H13NO6/c1-3(11)9-5-6(13)7(4(12)2-10)15-8(5)14/h4-7,10,12-13H,2H2,1H3,(H,9,11)/t4-,5-,6-,7-/m1/s1. The second-order valence-electron chi connectivity index (χ2n) is 3.32. The zero-order valence-electron chi connectivity index (χ0n) is 8.08. The summed E-state index contributed by atoms with van der Waals surface area (Å²) in [5, 5.41) is 29.6. The number of carbonyl (C=O) groups is 2. The molecule has 1 aliphatic rings. The number of aliphatic hydroxyl groups excluding tert-OH is 3. The van der Waals surface area contributed by atoms with Gasteiger partial charge in [-0.3, -0.25) is 4.79 Å². The lowest BCUT2D eigenvalue weighted by molar-refractivity contribution is -0.149. The van der Waals surface area contributed by atoms with E-state index in [1.807, 2.05) is 0 Å². The van der Waals surface area contributed by atoms with Crippen LogP contribution in [0.2, 0.25) is 0 Å². The Bertz CT molecular complexity index is 268. The molecule has 1 aliphatic heterocycles. The normalized spacial score (nSPS) is 32.3. The third kappa shape index (κ3) is 2.44. The summed E-state index contributed by atoms with van der Waals surface area (Å²) in [6.07, 6.45) is -3.93. The van der Waals surface area contributed by atoms with Crippen LogP contribution in [0.4, 0.5) is 0 Å². The van der Waals surface area contributed by atoms with Crippen LogP contribution in [0.25, 0.3) is 0 Å². The van der Waals surface area contributed by atoms with Crippen molar-refractivity contribution in [1.29, 1.82) is 0 Å². The van der Waals surface area contributed by atoms with Crippen LogP contribution >= 0.6 is 0 Å². The predicted octanol–water partition coefficient (Wildman–Crippen LogP) is -2.87. The van der Waals surface area contributed by atoms with Crippen molar-refractivity contribution < 1.29 is 29.6 Å². The highest BCUT2D eigenvalue weighted by Crippen LogP contribution is 2.18. The molecule has 0 saturated carbocycles. The van der Waals surface area contributed by atoms with Gasteiger partial charge in [0, 0.05) is 6.92 Å². The Morgan fingerprint density at radius 1 is 1.67 bits per heavy atom. The Kier molecular flexibility index (Phi) is 3.61. The number of hydrogen-bond acceptors (Lipinski definition) is 6. The van der Waals surface area contributed by atoms with Crippen molar-refractivity contribution in [3.05, 3.63) is 0 Å². The van der Waals surface area contributed by atoms with Crippen molar-refractivity contribution in [3.8, 4) is 0 Å². The van der Waals surface area contributed by atoms with Crippen molar-refractivity contribution in [1.82, 2.24) is 5.32 Å². The van der Waals surface area contributed by atoms with Crippen molar-refractivity contribution in [2.75, 3.05) is 6.61 Å². The molecule has 0 radical (unpaired) electrons. The molecule has 1 fully saturated rings. The average molecular weight is 219 g/mol. The molecule has 7 heteroatoms. The number of cyclic esters (lactones) is 1. The van der Waals surface area contributed by atoms with E-state index in [1.54, 1.807) is 0 Å². The lowest BCUT2D eigenvalue weighted by atomic mass is 10.0. The quantitative estimate of drug-likeness (QED) is 0.379. The van der Waals surface area contributed by atoms with Crippen LogP contribution in [0, 0.1) is 0 Å². The fraction of sp³-hybridized carbons (Fsp3) is 0.750.